The van der Waals surface area contributed by atoms with E-state index in [-0.39, 0.29) is 47.2 Å². The van der Waals surface area contributed by atoms with Crippen LogP contribution >= 0.6 is 0 Å². The van der Waals surface area contributed by atoms with Gasteiger partial charge in [-0.25, -0.2) is 27.6 Å². The number of carbonyl (C=O) groups excluding carboxylic acids is 1. The third-order valence-corrected chi connectivity index (χ3v) is 5.56. The quantitative estimate of drug-likeness (QED) is 0.302. The Labute approximate surface area is 208 Å². The number of ether oxygens (including phenoxy) is 2. The Morgan fingerprint density at radius 3 is 2.54 bits per heavy atom. The first-order valence-corrected chi connectivity index (χ1v) is 11.1. The van der Waals surface area contributed by atoms with E-state index >= 15 is 0 Å². The third kappa shape index (κ3) is 4.48. The van der Waals surface area contributed by atoms with Crippen LogP contribution in [-0.2, 0) is 11.3 Å². The number of aromatic nitrogens is 6. The van der Waals surface area contributed by atoms with Gasteiger partial charge in [0.15, 0.2) is 0 Å². The average Bonchev–Trinajstić information content (AvgIpc) is 3.54. The van der Waals surface area contributed by atoms with Crippen LogP contribution in [0.25, 0.3) is 28.1 Å². The molecule has 188 valence electrons. The SMILES string of the molecule is CCOC(=O)c1cnn(-c2nc(OC)c3c(cnn3Cc3cc(F)c(-c4ccccc4F)cc3F)n2)c1. The summed E-state index contributed by atoms with van der Waals surface area (Å²) in [6.07, 6.45) is 4.16. The van der Waals surface area contributed by atoms with Gasteiger partial charge in [-0.15, -0.1) is 0 Å². The molecule has 0 aliphatic rings. The molecule has 37 heavy (non-hydrogen) atoms. The van der Waals surface area contributed by atoms with Gasteiger partial charge in [0, 0.05) is 22.9 Å². The van der Waals surface area contributed by atoms with Crippen molar-refractivity contribution in [2.24, 2.45) is 0 Å². The minimum Gasteiger partial charge on any atom is -0.479 e. The molecule has 12 heteroatoms. The van der Waals surface area contributed by atoms with E-state index in [1.807, 2.05) is 0 Å². The van der Waals surface area contributed by atoms with E-state index in [4.69, 9.17) is 9.47 Å². The van der Waals surface area contributed by atoms with Crippen molar-refractivity contribution in [2.45, 2.75) is 13.5 Å². The summed E-state index contributed by atoms with van der Waals surface area (Å²) in [6, 6.07) is 7.53. The van der Waals surface area contributed by atoms with Crippen LogP contribution in [0.15, 0.2) is 55.0 Å². The number of carbonyl (C=O) groups is 1. The number of rotatable bonds is 7. The summed E-state index contributed by atoms with van der Waals surface area (Å²) in [6.45, 7) is 1.74. The molecular weight excluding hydrogens is 489 g/mol. The zero-order chi connectivity index (χ0) is 26.1. The molecule has 0 saturated heterocycles. The van der Waals surface area contributed by atoms with Crippen LogP contribution in [-0.4, -0.2) is 49.2 Å². The topological polar surface area (TPSA) is 97.0 Å². The Morgan fingerprint density at radius 1 is 0.973 bits per heavy atom. The lowest BCUT2D eigenvalue weighted by Crippen LogP contribution is -2.08. The van der Waals surface area contributed by atoms with Crippen molar-refractivity contribution in [1.29, 1.82) is 0 Å². The molecule has 3 aromatic heterocycles. The van der Waals surface area contributed by atoms with Gasteiger partial charge in [0.1, 0.15) is 28.5 Å². The Bertz CT molecular complexity index is 1630. The van der Waals surface area contributed by atoms with Gasteiger partial charge in [-0.05, 0) is 25.1 Å². The van der Waals surface area contributed by atoms with Crippen LogP contribution in [0.5, 0.6) is 5.88 Å². The molecule has 0 radical (unpaired) electrons. The Kier molecular flexibility index (Phi) is 6.30. The molecule has 0 bridgehead atoms. The number of esters is 1. The van der Waals surface area contributed by atoms with Crippen molar-refractivity contribution in [3.8, 4) is 23.0 Å². The van der Waals surface area contributed by atoms with Gasteiger partial charge in [-0.1, -0.05) is 18.2 Å². The maximum atomic E-state index is 15.0. The molecule has 0 unspecified atom stereocenters. The van der Waals surface area contributed by atoms with Crippen molar-refractivity contribution in [3.63, 3.8) is 0 Å². The number of methoxy groups -OCH3 is 1. The van der Waals surface area contributed by atoms with E-state index < -0.39 is 23.4 Å². The van der Waals surface area contributed by atoms with Gasteiger partial charge in [0.25, 0.3) is 5.95 Å². The summed E-state index contributed by atoms with van der Waals surface area (Å²) < 4.78 is 57.0. The molecule has 9 nitrogen and oxygen atoms in total. The lowest BCUT2D eigenvalue weighted by molar-refractivity contribution is 0.0526. The fourth-order valence-corrected chi connectivity index (χ4v) is 3.83. The minimum absolute atomic E-state index is 0.0140. The van der Waals surface area contributed by atoms with Crippen molar-refractivity contribution in [3.05, 3.63) is 83.6 Å². The predicted molar refractivity (Wildman–Crippen MR) is 126 cm³/mol. The van der Waals surface area contributed by atoms with Crippen molar-refractivity contribution in [1.82, 2.24) is 29.5 Å². The number of hydrogen-bond acceptors (Lipinski definition) is 7. The molecule has 0 amide bonds. The number of fused-ring (bicyclic) bond motifs is 1. The Morgan fingerprint density at radius 2 is 1.78 bits per heavy atom. The van der Waals surface area contributed by atoms with E-state index in [9.17, 15) is 18.0 Å². The predicted octanol–water partition coefficient (Wildman–Crippen LogP) is 4.33. The normalized spacial score (nSPS) is 11.2. The second kappa shape index (κ2) is 9.72. The van der Waals surface area contributed by atoms with Gasteiger partial charge in [-0.2, -0.15) is 15.2 Å². The fourth-order valence-electron chi connectivity index (χ4n) is 3.83. The zero-order valence-corrected chi connectivity index (χ0v) is 19.7. The molecule has 0 fully saturated rings. The molecular formula is C25H19F3N6O3. The highest BCUT2D eigenvalue weighted by atomic mass is 19.1. The van der Waals surface area contributed by atoms with E-state index in [2.05, 4.69) is 20.2 Å². The summed E-state index contributed by atoms with van der Waals surface area (Å²) in [5, 5.41) is 8.34. The zero-order valence-electron chi connectivity index (χ0n) is 19.7. The van der Waals surface area contributed by atoms with Crippen LogP contribution in [0.2, 0.25) is 0 Å². The largest absolute Gasteiger partial charge is 0.479 e. The standard InChI is InChI=1S/C25H19F3N6O3/c1-3-37-24(35)15-10-29-34(13-15)25-31-21-11-30-33(22(21)23(32-25)36-2)12-14-8-20(28)17(9-19(14)27)16-6-4-5-7-18(16)26/h4-11,13H,3,12H2,1-2H3. The summed E-state index contributed by atoms with van der Waals surface area (Å²) in [4.78, 5) is 20.7. The van der Waals surface area contributed by atoms with Gasteiger partial charge in [-0.3, -0.25) is 4.68 Å². The van der Waals surface area contributed by atoms with Crippen LogP contribution in [0.3, 0.4) is 0 Å². The van der Waals surface area contributed by atoms with E-state index in [1.54, 1.807) is 13.0 Å². The maximum Gasteiger partial charge on any atom is 0.341 e. The summed E-state index contributed by atoms with van der Waals surface area (Å²) in [5.74, 6) is -2.50. The number of hydrogen-bond donors (Lipinski definition) is 0. The summed E-state index contributed by atoms with van der Waals surface area (Å²) in [5.41, 5.74) is 0.663. The molecule has 0 N–H and O–H groups in total. The summed E-state index contributed by atoms with van der Waals surface area (Å²) >= 11 is 0. The highest BCUT2D eigenvalue weighted by molar-refractivity contribution is 5.88. The molecule has 0 spiro atoms. The molecule has 5 aromatic rings. The van der Waals surface area contributed by atoms with E-state index in [1.165, 1.54) is 53.3 Å². The molecule has 5 rings (SSSR count). The summed E-state index contributed by atoms with van der Waals surface area (Å²) in [7, 11) is 1.39. The lowest BCUT2D eigenvalue weighted by Gasteiger charge is -2.11. The van der Waals surface area contributed by atoms with Gasteiger partial charge >= 0.3 is 5.97 Å². The van der Waals surface area contributed by atoms with Crippen LogP contribution in [0, 0.1) is 17.5 Å². The van der Waals surface area contributed by atoms with Gasteiger partial charge in [0.05, 0.1) is 38.2 Å². The molecule has 0 atom stereocenters. The van der Waals surface area contributed by atoms with E-state index in [0.717, 1.165) is 12.1 Å². The van der Waals surface area contributed by atoms with Crippen molar-refractivity contribution >= 4 is 17.0 Å². The first-order chi connectivity index (χ1) is 17.9. The second-order valence-corrected chi connectivity index (χ2v) is 7.87. The molecule has 0 aliphatic heterocycles. The number of nitrogens with zero attached hydrogens (tertiary/aromatic N) is 6. The maximum absolute atomic E-state index is 15.0. The third-order valence-electron chi connectivity index (χ3n) is 5.56. The molecule has 0 saturated carbocycles. The number of benzene rings is 2. The molecule has 3 heterocycles. The van der Waals surface area contributed by atoms with Crippen LogP contribution < -0.4 is 4.74 Å². The first-order valence-electron chi connectivity index (χ1n) is 11.1. The average molecular weight is 508 g/mol. The van der Waals surface area contributed by atoms with Crippen LogP contribution in [0.1, 0.15) is 22.8 Å². The highest BCUT2D eigenvalue weighted by Crippen LogP contribution is 2.29. The smallest absolute Gasteiger partial charge is 0.341 e. The van der Waals surface area contributed by atoms with Crippen molar-refractivity contribution in [2.75, 3.05) is 13.7 Å². The fraction of sp³-hybridized carbons (Fsp3) is 0.160. The van der Waals surface area contributed by atoms with Gasteiger partial charge < -0.3 is 9.47 Å². The minimum atomic E-state index is -0.778. The Balaban J connectivity index is 1.49. The molecule has 0 aliphatic carbocycles. The second-order valence-electron chi connectivity index (χ2n) is 7.87. The number of halogens is 3. The first kappa shape index (κ1) is 24.0. The lowest BCUT2D eigenvalue weighted by atomic mass is 10.0. The monoisotopic (exact) mass is 508 g/mol. The molecule has 2 aromatic carbocycles. The highest BCUT2D eigenvalue weighted by Gasteiger charge is 2.20. The van der Waals surface area contributed by atoms with Gasteiger partial charge in [0.2, 0.25) is 5.88 Å². The van der Waals surface area contributed by atoms with Crippen molar-refractivity contribution < 1.29 is 27.4 Å². The van der Waals surface area contributed by atoms with E-state index in [0.29, 0.717) is 11.0 Å². The van der Waals surface area contributed by atoms with Crippen LogP contribution in [0.4, 0.5) is 13.2 Å². The Hall–Kier alpha value is -4.74.